The number of ether oxygens (including phenoxy) is 1. The monoisotopic (exact) mass is 124 g/mol. The molecule has 0 N–H and O–H groups in total. The Labute approximate surface area is 47.2 Å². The van der Waals surface area contributed by atoms with E-state index in [4.69, 9.17) is 0 Å². The van der Waals surface area contributed by atoms with Gasteiger partial charge in [-0.15, -0.1) is 11.8 Å². The molecule has 0 radical (unpaired) electrons. The number of methoxy groups -OCH3 is 1. The Morgan fingerprint density at radius 3 is 2.86 bits per heavy atom. The van der Waals surface area contributed by atoms with E-state index in [0.29, 0.717) is 6.61 Å². The predicted molar refractivity (Wildman–Crippen MR) is 30.3 cm³/mol. The van der Waals surface area contributed by atoms with E-state index in [2.05, 4.69) is 4.74 Å². The Morgan fingerprint density at radius 1 is 1.71 bits per heavy atom. The molecule has 0 rings (SSSR count). The summed E-state index contributed by atoms with van der Waals surface area (Å²) in [5.74, 6) is 0.757. The van der Waals surface area contributed by atoms with Crippen LogP contribution in [-0.4, -0.2) is 25.5 Å². The first-order valence-corrected chi connectivity index (χ1v) is 3.20. The lowest BCUT2D eigenvalue weighted by atomic mass is 10.9. The van der Waals surface area contributed by atoms with Crippen LogP contribution in [0.2, 0.25) is 0 Å². The second-order valence-corrected chi connectivity index (χ2v) is 2.04. The molecule has 0 aromatic heterocycles. The quantitative estimate of drug-likeness (QED) is 0.522. The highest BCUT2D eigenvalue weighted by Gasteiger charge is 1.81. The third-order valence-corrected chi connectivity index (χ3v) is 1.12. The second kappa shape index (κ2) is 6.24. The lowest BCUT2D eigenvalue weighted by Gasteiger charge is -1.91. The van der Waals surface area contributed by atoms with Crippen molar-refractivity contribution in [3.63, 3.8) is 0 Å². The van der Waals surface area contributed by atoms with Gasteiger partial charge in [-0.3, -0.25) is 0 Å². The van der Waals surface area contributed by atoms with Crippen LogP contribution in [0.3, 0.4) is 0 Å². The average molecular weight is 124 g/mol. The van der Waals surface area contributed by atoms with Crippen LogP contribution < -0.4 is 0 Å². The van der Waals surface area contributed by atoms with Crippen molar-refractivity contribution < 1.29 is 9.13 Å². The van der Waals surface area contributed by atoms with Crippen molar-refractivity contribution in [2.45, 2.75) is 0 Å². The number of hydrogen-bond donors (Lipinski definition) is 0. The molecule has 0 aliphatic heterocycles. The maximum atomic E-state index is 11.2. The fourth-order valence-corrected chi connectivity index (χ4v) is 0.590. The highest BCUT2D eigenvalue weighted by atomic mass is 32.2. The van der Waals surface area contributed by atoms with Crippen molar-refractivity contribution in [2.24, 2.45) is 0 Å². The lowest BCUT2D eigenvalue weighted by Crippen LogP contribution is -1.90. The lowest BCUT2D eigenvalue weighted by molar-refractivity contribution is 0.218. The van der Waals surface area contributed by atoms with Gasteiger partial charge >= 0.3 is 0 Å². The van der Waals surface area contributed by atoms with E-state index in [0.717, 1.165) is 5.75 Å². The predicted octanol–water partition coefficient (Wildman–Crippen LogP) is 1.29. The summed E-state index contributed by atoms with van der Waals surface area (Å²) >= 11 is 1.24. The molecule has 0 aromatic rings. The first-order valence-electron chi connectivity index (χ1n) is 2.04. The number of rotatable bonds is 4. The molecule has 0 heterocycles. The summed E-state index contributed by atoms with van der Waals surface area (Å²) in [5.41, 5.74) is 0. The van der Waals surface area contributed by atoms with Gasteiger partial charge in [-0.25, -0.2) is 4.39 Å². The van der Waals surface area contributed by atoms with Crippen molar-refractivity contribution >= 4 is 11.8 Å². The van der Waals surface area contributed by atoms with E-state index < -0.39 is 0 Å². The molecule has 1 nitrogen and oxygen atoms in total. The SMILES string of the molecule is COCCSCF. The minimum absolute atomic E-state index is 0.302. The van der Waals surface area contributed by atoms with E-state index in [1.165, 1.54) is 11.8 Å². The van der Waals surface area contributed by atoms with E-state index >= 15 is 0 Å². The molecule has 0 fully saturated rings. The first kappa shape index (κ1) is 7.24. The Hall–Kier alpha value is 0.240. The maximum Gasteiger partial charge on any atom is 0.135 e. The van der Waals surface area contributed by atoms with E-state index in [9.17, 15) is 4.39 Å². The zero-order chi connectivity index (χ0) is 5.54. The molecule has 0 aliphatic carbocycles. The Kier molecular flexibility index (Phi) is 6.45. The Bertz CT molecular complexity index is 30.9. The van der Waals surface area contributed by atoms with Crippen LogP contribution in [0.4, 0.5) is 4.39 Å². The number of alkyl halides is 1. The van der Waals surface area contributed by atoms with Gasteiger partial charge in [-0.05, 0) is 0 Å². The number of hydrogen-bond acceptors (Lipinski definition) is 2. The highest BCUT2D eigenvalue weighted by Crippen LogP contribution is 1.97. The molecule has 0 aromatic carbocycles. The molecule has 44 valence electrons. The number of halogens is 1. The summed E-state index contributed by atoms with van der Waals surface area (Å²) in [4.78, 5) is 0. The van der Waals surface area contributed by atoms with Gasteiger partial charge in [0.25, 0.3) is 0 Å². The summed E-state index contributed by atoms with van der Waals surface area (Å²) in [7, 11) is 1.61. The fourth-order valence-electron chi connectivity index (χ4n) is 0.197. The standard InChI is InChI=1S/C4H9FOS/c1-6-2-3-7-4-5/h2-4H2,1H3. The van der Waals surface area contributed by atoms with E-state index in [1.54, 1.807) is 7.11 Å². The fraction of sp³-hybridized carbons (Fsp3) is 1.00. The molecule has 0 aliphatic rings. The van der Waals surface area contributed by atoms with Crippen LogP contribution in [0.1, 0.15) is 0 Å². The summed E-state index contributed by atoms with van der Waals surface area (Å²) in [6.45, 7) is 0.647. The van der Waals surface area contributed by atoms with Gasteiger partial charge in [-0.2, -0.15) is 0 Å². The Balaban J connectivity index is 2.45. The topological polar surface area (TPSA) is 9.23 Å². The average Bonchev–Trinajstić information content (AvgIpc) is 1.69. The van der Waals surface area contributed by atoms with Crippen molar-refractivity contribution in [3.05, 3.63) is 0 Å². The summed E-state index contributed by atoms with van der Waals surface area (Å²) < 4.78 is 15.9. The van der Waals surface area contributed by atoms with Crippen LogP contribution in [-0.2, 0) is 4.74 Å². The molecular weight excluding hydrogens is 115 g/mol. The van der Waals surface area contributed by atoms with Gasteiger partial charge in [0.1, 0.15) is 6.01 Å². The molecule has 0 saturated carbocycles. The molecule has 0 bridgehead atoms. The first-order chi connectivity index (χ1) is 3.41. The molecule has 7 heavy (non-hydrogen) atoms. The van der Waals surface area contributed by atoms with Crippen molar-refractivity contribution in [2.75, 3.05) is 25.5 Å². The molecule has 3 heteroatoms. The molecule has 0 amide bonds. The maximum absolute atomic E-state index is 11.2. The summed E-state index contributed by atoms with van der Waals surface area (Å²) in [6.07, 6.45) is 0. The summed E-state index contributed by atoms with van der Waals surface area (Å²) in [6, 6.07) is -0.302. The molecule has 0 atom stereocenters. The Morgan fingerprint density at radius 2 is 2.43 bits per heavy atom. The van der Waals surface area contributed by atoms with Gasteiger partial charge in [0, 0.05) is 12.9 Å². The third kappa shape index (κ3) is 6.24. The van der Waals surface area contributed by atoms with Gasteiger partial charge in [0.2, 0.25) is 0 Å². The molecule has 0 unspecified atom stereocenters. The van der Waals surface area contributed by atoms with E-state index in [-0.39, 0.29) is 6.01 Å². The second-order valence-electron chi connectivity index (χ2n) is 1.01. The van der Waals surface area contributed by atoms with Crippen LogP contribution in [0.15, 0.2) is 0 Å². The van der Waals surface area contributed by atoms with E-state index in [1.807, 2.05) is 0 Å². The zero-order valence-electron chi connectivity index (χ0n) is 4.32. The van der Waals surface area contributed by atoms with Crippen molar-refractivity contribution in [3.8, 4) is 0 Å². The third-order valence-electron chi connectivity index (χ3n) is 0.509. The van der Waals surface area contributed by atoms with Gasteiger partial charge in [0.05, 0.1) is 6.61 Å². The van der Waals surface area contributed by atoms with Gasteiger partial charge in [-0.1, -0.05) is 0 Å². The summed E-state index contributed by atoms with van der Waals surface area (Å²) in [5, 5.41) is 0. The normalized spacial score (nSPS) is 9.43. The number of thioether (sulfide) groups is 1. The zero-order valence-corrected chi connectivity index (χ0v) is 5.13. The van der Waals surface area contributed by atoms with Gasteiger partial charge in [0.15, 0.2) is 0 Å². The van der Waals surface area contributed by atoms with Gasteiger partial charge < -0.3 is 4.74 Å². The van der Waals surface area contributed by atoms with Crippen LogP contribution >= 0.6 is 11.8 Å². The van der Waals surface area contributed by atoms with Crippen LogP contribution in [0.5, 0.6) is 0 Å². The molecule has 0 saturated heterocycles. The smallest absolute Gasteiger partial charge is 0.135 e. The highest BCUT2D eigenvalue weighted by molar-refractivity contribution is 7.99. The molecule has 0 spiro atoms. The van der Waals surface area contributed by atoms with Crippen molar-refractivity contribution in [1.29, 1.82) is 0 Å². The minimum Gasteiger partial charge on any atom is -0.384 e. The van der Waals surface area contributed by atoms with Crippen molar-refractivity contribution in [1.82, 2.24) is 0 Å². The largest absolute Gasteiger partial charge is 0.384 e. The molecular formula is C4H9FOS. The van der Waals surface area contributed by atoms with Crippen LogP contribution in [0, 0.1) is 0 Å². The van der Waals surface area contributed by atoms with Crippen LogP contribution in [0.25, 0.3) is 0 Å². The minimum atomic E-state index is -0.302.